The van der Waals surface area contributed by atoms with Crippen LogP contribution in [-0.2, 0) is 0 Å². The smallest absolute Gasteiger partial charge is 0.292 e. The molecule has 4 heteroatoms. The highest BCUT2D eigenvalue weighted by Crippen LogP contribution is 2.24. The third-order valence-electron chi connectivity index (χ3n) is 3.27. The maximum atomic E-state index is 12.2. The zero-order valence-electron chi connectivity index (χ0n) is 10.1. The lowest BCUT2D eigenvalue weighted by atomic mass is 9.97. The van der Waals surface area contributed by atoms with E-state index in [9.17, 15) is 4.79 Å². The average Bonchev–Trinajstić information content (AvgIpc) is 2.64. The second-order valence-electron chi connectivity index (χ2n) is 4.67. The van der Waals surface area contributed by atoms with Gasteiger partial charge in [0, 0.05) is 18.2 Å². The van der Waals surface area contributed by atoms with E-state index >= 15 is 0 Å². The topological polar surface area (TPSA) is 46.3 Å². The number of amides is 1. The van der Waals surface area contributed by atoms with Crippen molar-refractivity contribution < 1.29 is 9.32 Å². The van der Waals surface area contributed by atoms with Crippen molar-refractivity contribution in [3.05, 3.63) is 17.5 Å². The zero-order valence-corrected chi connectivity index (χ0v) is 10.1. The van der Waals surface area contributed by atoms with Gasteiger partial charge in [-0.3, -0.25) is 4.79 Å². The summed E-state index contributed by atoms with van der Waals surface area (Å²) in [7, 11) is 0. The minimum absolute atomic E-state index is 0.0275. The maximum Gasteiger partial charge on any atom is 0.292 e. The minimum atomic E-state index is -0.0275. The van der Waals surface area contributed by atoms with Crippen molar-refractivity contribution in [1.29, 1.82) is 0 Å². The van der Waals surface area contributed by atoms with Gasteiger partial charge in [-0.1, -0.05) is 5.16 Å². The van der Waals surface area contributed by atoms with E-state index in [-0.39, 0.29) is 5.91 Å². The van der Waals surface area contributed by atoms with Crippen LogP contribution >= 0.6 is 0 Å². The van der Waals surface area contributed by atoms with Gasteiger partial charge in [-0.15, -0.1) is 0 Å². The first-order valence-electron chi connectivity index (χ1n) is 5.85. The van der Waals surface area contributed by atoms with E-state index in [1.54, 1.807) is 6.07 Å². The van der Waals surface area contributed by atoms with E-state index in [1.165, 1.54) is 6.42 Å². The number of carbonyl (C=O) groups is 1. The Hall–Kier alpha value is -1.32. The molecule has 0 aromatic carbocycles. The van der Waals surface area contributed by atoms with E-state index in [2.05, 4.69) is 19.0 Å². The molecule has 88 valence electrons. The first kappa shape index (κ1) is 11.2. The highest BCUT2D eigenvalue weighted by molar-refractivity contribution is 5.92. The molecule has 1 aromatic rings. The Morgan fingerprint density at radius 3 is 2.56 bits per heavy atom. The molecule has 1 aliphatic rings. The molecule has 2 heterocycles. The lowest BCUT2D eigenvalue weighted by Crippen LogP contribution is -2.47. The monoisotopic (exact) mass is 222 g/mol. The fourth-order valence-corrected chi connectivity index (χ4v) is 2.41. The highest BCUT2D eigenvalue weighted by Gasteiger charge is 2.31. The number of hydrogen-bond donors (Lipinski definition) is 0. The fourth-order valence-electron chi connectivity index (χ4n) is 2.41. The van der Waals surface area contributed by atoms with E-state index in [1.807, 2.05) is 11.8 Å². The molecule has 0 bridgehead atoms. The Balaban J connectivity index is 2.19. The van der Waals surface area contributed by atoms with Crippen molar-refractivity contribution in [3.63, 3.8) is 0 Å². The molecule has 0 radical (unpaired) electrons. The molecule has 1 fully saturated rings. The first-order chi connectivity index (χ1) is 7.59. The van der Waals surface area contributed by atoms with Crippen molar-refractivity contribution in [2.45, 2.75) is 52.1 Å². The average molecular weight is 222 g/mol. The number of hydrogen-bond acceptors (Lipinski definition) is 3. The SMILES string of the molecule is Cc1cc(C(=O)N2[C@H](C)CCC[C@H]2C)on1. The molecule has 0 unspecified atom stereocenters. The Morgan fingerprint density at radius 2 is 2.06 bits per heavy atom. The van der Waals surface area contributed by atoms with Crippen molar-refractivity contribution >= 4 is 5.91 Å². The van der Waals surface area contributed by atoms with Crippen LogP contribution in [0.2, 0.25) is 0 Å². The van der Waals surface area contributed by atoms with Crippen LogP contribution in [-0.4, -0.2) is 28.0 Å². The molecule has 2 rings (SSSR count). The van der Waals surface area contributed by atoms with Crippen LogP contribution in [0.25, 0.3) is 0 Å². The lowest BCUT2D eigenvalue weighted by Gasteiger charge is -2.38. The lowest BCUT2D eigenvalue weighted by molar-refractivity contribution is 0.0469. The molecule has 0 saturated carbocycles. The van der Waals surface area contributed by atoms with Crippen molar-refractivity contribution in [1.82, 2.24) is 10.1 Å². The van der Waals surface area contributed by atoms with E-state index in [0.29, 0.717) is 17.8 Å². The largest absolute Gasteiger partial charge is 0.351 e. The van der Waals surface area contributed by atoms with Crippen molar-refractivity contribution in [2.75, 3.05) is 0 Å². The van der Waals surface area contributed by atoms with Gasteiger partial charge in [0.2, 0.25) is 5.76 Å². The van der Waals surface area contributed by atoms with Gasteiger partial charge in [-0.2, -0.15) is 0 Å². The number of aryl methyl sites for hydroxylation is 1. The second kappa shape index (κ2) is 4.28. The highest BCUT2D eigenvalue weighted by atomic mass is 16.5. The predicted octanol–water partition coefficient (Wildman–Crippen LogP) is 2.39. The molecule has 1 aliphatic heterocycles. The number of piperidine rings is 1. The summed E-state index contributed by atoms with van der Waals surface area (Å²) < 4.78 is 5.03. The van der Waals surface area contributed by atoms with Crippen molar-refractivity contribution in [2.24, 2.45) is 0 Å². The standard InChI is InChI=1S/C12H18N2O2/c1-8-7-11(16-13-8)12(15)14-9(2)5-4-6-10(14)3/h7,9-10H,4-6H2,1-3H3/t9-,10-/m1/s1. The van der Waals surface area contributed by atoms with E-state index in [0.717, 1.165) is 18.5 Å². The van der Waals surface area contributed by atoms with Gasteiger partial charge in [0.05, 0.1) is 5.69 Å². The maximum absolute atomic E-state index is 12.2. The van der Waals surface area contributed by atoms with Gasteiger partial charge in [0.15, 0.2) is 0 Å². The van der Waals surface area contributed by atoms with Gasteiger partial charge in [0.25, 0.3) is 5.91 Å². The normalized spacial score (nSPS) is 25.8. The number of rotatable bonds is 1. The predicted molar refractivity (Wildman–Crippen MR) is 60.2 cm³/mol. The molecule has 1 amide bonds. The number of aromatic nitrogens is 1. The summed E-state index contributed by atoms with van der Waals surface area (Å²) in [6.45, 7) is 6.01. The quantitative estimate of drug-likeness (QED) is 0.733. The van der Waals surface area contributed by atoms with Crippen LogP contribution in [0.4, 0.5) is 0 Å². The van der Waals surface area contributed by atoms with Gasteiger partial charge >= 0.3 is 0 Å². The van der Waals surface area contributed by atoms with Crippen LogP contribution in [0.3, 0.4) is 0 Å². The summed E-state index contributed by atoms with van der Waals surface area (Å²) in [6.07, 6.45) is 3.34. The molecular weight excluding hydrogens is 204 g/mol. The van der Waals surface area contributed by atoms with Gasteiger partial charge in [-0.25, -0.2) is 0 Å². The summed E-state index contributed by atoms with van der Waals surface area (Å²) in [5.74, 6) is 0.332. The first-order valence-corrected chi connectivity index (χ1v) is 5.85. The third-order valence-corrected chi connectivity index (χ3v) is 3.27. The molecule has 2 atom stereocenters. The van der Waals surface area contributed by atoms with Crippen LogP contribution in [0, 0.1) is 6.92 Å². The molecule has 1 saturated heterocycles. The summed E-state index contributed by atoms with van der Waals surface area (Å²) in [4.78, 5) is 14.1. The molecule has 0 N–H and O–H groups in total. The Bertz CT molecular complexity index is 376. The Labute approximate surface area is 95.6 Å². The number of carbonyl (C=O) groups excluding carboxylic acids is 1. The number of nitrogens with zero attached hydrogens (tertiary/aromatic N) is 2. The number of likely N-dealkylation sites (tertiary alicyclic amines) is 1. The van der Waals surface area contributed by atoms with Crippen molar-refractivity contribution in [3.8, 4) is 0 Å². The molecular formula is C12H18N2O2. The van der Waals surface area contributed by atoms with Crippen LogP contribution in [0.1, 0.15) is 49.4 Å². The molecule has 1 aromatic heterocycles. The summed E-state index contributed by atoms with van der Waals surface area (Å²) in [5, 5.41) is 3.76. The van der Waals surface area contributed by atoms with Crippen LogP contribution in [0.15, 0.2) is 10.6 Å². The summed E-state index contributed by atoms with van der Waals surface area (Å²) in [5.41, 5.74) is 0.751. The van der Waals surface area contributed by atoms with Gasteiger partial charge in [-0.05, 0) is 40.0 Å². The Morgan fingerprint density at radius 1 is 1.44 bits per heavy atom. The van der Waals surface area contributed by atoms with Gasteiger partial charge < -0.3 is 9.42 Å². The fraction of sp³-hybridized carbons (Fsp3) is 0.667. The minimum Gasteiger partial charge on any atom is -0.351 e. The Kier molecular flexibility index (Phi) is 2.99. The molecule has 4 nitrogen and oxygen atoms in total. The molecule has 0 spiro atoms. The zero-order chi connectivity index (χ0) is 11.7. The van der Waals surface area contributed by atoms with Crippen LogP contribution in [0.5, 0.6) is 0 Å². The third kappa shape index (κ3) is 1.96. The summed E-state index contributed by atoms with van der Waals surface area (Å²) in [6, 6.07) is 2.29. The summed E-state index contributed by atoms with van der Waals surface area (Å²) >= 11 is 0. The molecule has 0 aliphatic carbocycles. The van der Waals surface area contributed by atoms with E-state index in [4.69, 9.17) is 4.52 Å². The molecule has 16 heavy (non-hydrogen) atoms. The van der Waals surface area contributed by atoms with Gasteiger partial charge in [0.1, 0.15) is 0 Å². The second-order valence-corrected chi connectivity index (χ2v) is 4.67. The van der Waals surface area contributed by atoms with Crippen LogP contribution < -0.4 is 0 Å². The van der Waals surface area contributed by atoms with E-state index < -0.39 is 0 Å².